The first kappa shape index (κ1) is 23.2. The molecule has 2 aromatic rings. The van der Waals surface area contributed by atoms with Crippen LogP contribution in [0.5, 0.6) is 11.5 Å². The molecule has 9 nitrogen and oxygen atoms in total. The third kappa shape index (κ3) is 5.06. The molecule has 0 saturated heterocycles. The summed E-state index contributed by atoms with van der Waals surface area (Å²) in [6, 6.07) is 15.0. The molecule has 2 atom stereocenters. The van der Waals surface area contributed by atoms with Crippen molar-refractivity contribution in [1.29, 1.82) is 0 Å². The van der Waals surface area contributed by atoms with Crippen LogP contribution in [0.15, 0.2) is 62.1 Å². The van der Waals surface area contributed by atoms with Gasteiger partial charge in [0.25, 0.3) is 0 Å². The molecule has 0 saturated carbocycles. The zero-order valence-corrected chi connectivity index (χ0v) is 20.4. The lowest BCUT2D eigenvalue weighted by Gasteiger charge is -2.31. The molecule has 0 unspecified atom stereocenters. The van der Waals surface area contributed by atoms with Crippen molar-refractivity contribution in [1.82, 2.24) is 0 Å². The first-order chi connectivity index (χ1) is 14.3. The van der Waals surface area contributed by atoms with E-state index in [1.807, 2.05) is 62.4 Å². The third-order valence-corrected chi connectivity index (χ3v) is 12.3. The van der Waals surface area contributed by atoms with Crippen LogP contribution in [-0.4, -0.2) is 28.4 Å². The Bertz CT molecular complexity index is 991. The van der Waals surface area contributed by atoms with Crippen molar-refractivity contribution in [3.8, 4) is 11.5 Å². The molecule has 0 radical (unpaired) electrons. The highest BCUT2D eigenvalue weighted by Gasteiger charge is 2.43. The minimum Gasteiger partial charge on any atom is -0.422 e. The number of hydrogen-bond donors (Lipinski definition) is 0. The van der Waals surface area contributed by atoms with Gasteiger partial charge in [0.15, 0.2) is 0 Å². The summed E-state index contributed by atoms with van der Waals surface area (Å²) in [6.07, 6.45) is 0. The van der Waals surface area contributed by atoms with Crippen molar-refractivity contribution < 1.29 is 27.1 Å². The average molecular weight is 473 g/mol. The zero-order valence-electron chi connectivity index (χ0n) is 17.8. The Morgan fingerprint density at radius 1 is 0.500 bits per heavy atom. The van der Waals surface area contributed by atoms with Gasteiger partial charge in [-0.15, -0.1) is 13.5 Å². The van der Waals surface area contributed by atoms with E-state index >= 15 is 0 Å². The lowest BCUT2D eigenvalue weighted by atomic mass is 10.2. The third-order valence-electron chi connectivity index (χ3n) is 4.12. The van der Waals surface area contributed by atoms with Crippen LogP contribution in [0.1, 0.15) is 11.1 Å². The summed E-state index contributed by atoms with van der Waals surface area (Å²) in [6.45, 7) is 3.98. The van der Waals surface area contributed by atoms with Crippen molar-refractivity contribution in [2.75, 3.05) is 28.4 Å². The molecule has 0 aromatic heterocycles. The van der Waals surface area contributed by atoms with Gasteiger partial charge < -0.3 is 27.1 Å². The summed E-state index contributed by atoms with van der Waals surface area (Å²) < 4.78 is 48.8. The summed E-state index contributed by atoms with van der Waals surface area (Å²) in [4.78, 5) is 0. The monoisotopic (exact) mass is 473 g/mol. The Balaban J connectivity index is 2.17. The fourth-order valence-corrected chi connectivity index (χ4v) is 11.3. The Hall–Kier alpha value is -1.43. The smallest absolute Gasteiger partial charge is 0.403 e. The summed E-state index contributed by atoms with van der Waals surface area (Å²) >= 11 is 0. The highest BCUT2D eigenvalue weighted by molar-refractivity contribution is 7.78. The van der Waals surface area contributed by atoms with Crippen LogP contribution in [0.4, 0.5) is 0 Å². The van der Waals surface area contributed by atoms with Gasteiger partial charge in [-0.25, -0.2) is 0 Å². The van der Waals surface area contributed by atoms with E-state index in [0.29, 0.717) is 11.5 Å². The summed E-state index contributed by atoms with van der Waals surface area (Å²) in [5.74, 6) is 1.08. The molecule has 0 aliphatic carbocycles. The van der Waals surface area contributed by atoms with E-state index in [9.17, 15) is 0 Å². The van der Waals surface area contributed by atoms with Gasteiger partial charge in [0.2, 0.25) is 0 Å². The molecule has 0 spiro atoms. The van der Waals surface area contributed by atoms with Crippen molar-refractivity contribution in [3.05, 3.63) is 59.7 Å². The van der Waals surface area contributed by atoms with E-state index in [-0.39, 0.29) is 0 Å². The maximum atomic E-state index is 6.15. The predicted octanol–water partition coefficient (Wildman–Crippen LogP) is 7.20. The molecule has 2 aromatic carbocycles. The van der Waals surface area contributed by atoms with Crippen molar-refractivity contribution in [2.24, 2.45) is 13.5 Å². The average Bonchev–Trinajstić information content (AvgIpc) is 2.77. The Kier molecular flexibility index (Phi) is 7.26. The molecule has 30 heavy (non-hydrogen) atoms. The lowest BCUT2D eigenvalue weighted by molar-refractivity contribution is 0.321. The summed E-state index contributed by atoms with van der Waals surface area (Å²) in [7, 11) is -3.89. The second kappa shape index (κ2) is 9.37. The van der Waals surface area contributed by atoms with Gasteiger partial charge in [-0.2, -0.15) is 0 Å². The minimum atomic E-state index is -3.29. The van der Waals surface area contributed by atoms with Crippen LogP contribution in [0.25, 0.3) is 0 Å². The number of nitrogens with zero attached hydrogens (tertiary/aromatic N) is 3. The van der Waals surface area contributed by atoms with Crippen molar-refractivity contribution >= 4 is 23.0 Å². The number of rotatable bonds is 8. The number of aryl methyl sites for hydroxylation is 2. The standard InChI is InChI=1S/C18H26N3O6P3/c1-15-7-11-17(12-8-15)26-29(24-5)19-28(22-3,23-4)20-30(21-29,25-6)27-18-13-9-16(2)10-14-18/h7-14H,1-6H3/t29-,30+. The molecule has 0 N–H and O–H groups in total. The van der Waals surface area contributed by atoms with E-state index in [4.69, 9.17) is 27.1 Å². The van der Waals surface area contributed by atoms with Crippen molar-refractivity contribution in [3.63, 3.8) is 0 Å². The Labute approximate surface area is 177 Å². The zero-order chi connectivity index (χ0) is 21.8. The second-order valence-electron chi connectivity index (χ2n) is 6.28. The molecule has 0 fully saturated rings. The molecular formula is C18H26N3O6P3. The fourth-order valence-electron chi connectivity index (χ4n) is 2.47. The van der Waals surface area contributed by atoms with E-state index in [2.05, 4.69) is 13.5 Å². The van der Waals surface area contributed by atoms with E-state index < -0.39 is 23.0 Å². The van der Waals surface area contributed by atoms with Crippen LogP contribution in [-0.2, 0) is 18.1 Å². The van der Waals surface area contributed by atoms with E-state index in [1.165, 1.54) is 28.4 Å². The topological polar surface area (TPSA) is 92.5 Å². The molecule has 1 aliphatic heterocycles. The molecule has 3 rings (SSSR count). The highest BCUT2D eigenvalue weighted by Crippen LogP contribution is 2.79. The van der Waals surface area contributed by atoms with Crippen LogP contribution in [0.3, 0.4) is 0 Å². The van der Waals surface area contributed by atoms with Gasteiger partial charge in [-0.1, -0.05) is 35.4 Å². The normalized spacial score (nSPS) is 24.9. The first-order valence-corrected chi connectivity index (χ1v) is 13.6. The maximum absolute atomic E-state index is 6.15. The largest absolute Gasteiger partial charge is 0.422 e. The van der Waals surface area contributed by atoms with Crippen molar-refractivity contribution in [2.45, 2.75) is 13.8 Å². The minimum absolute atomic E-state index is 0.542. The van der Waals surface area contributed by atoms with E-state index in [1.54, 1.807) is 0 Å². The molecule has 0 bridgehead atoms. The molecule has 1 heterocycles. The molecule has 12 heteroatoms. The van der Waals surface area contributed by atoms with Gasteiger partial charge in [-0.3, -0.25) is 0 Å². The van der Waals surface area contributed by atoms with Gasteiger partial charge in [0.05, 0.1) is 0 Å². The summed E-state index contributed by atoms with van der Waals surface area (Å²) in [5, 5.41) is 0. The Morgan fingerprint density at radius 3 is 1.13 bits per heavy atom. The van der Waals surface area contributed by atoms with Gasteiger partial charge in [0, 0.05) is 28.4 Å². The highest BCUT2D eigenvalue weighted by atomic mass is 31.3. The van der Waals surface area contributed by atoms with Gasteiger partial charge in [-0.05, 0) is 38.1 Å². The lowest BCUT2D eigenvalue weighted by Crippen LogP contribution is -2.03. The molecule has 1 aliphatic rings. The van der Waals surface area contributed by atoms with Gasteiger partial charge in [0.1, 0.15) is 11.5 Å². The van der Waals surface area contributed by atoms with E-state index in [0.717, 1.165) is 11.1 Å². The van der Waals surface area contributed by atoms with Gasteiger partial charge >= 0.3 is 23.0 Å². The maximum Gasteiger partial charge on any atom is 0.403 e. The fraction of sp³-hybridized carbons (Fsp3) is 0.333. The van der Waals surface area contributed by atoms with Crippen LogP contribution in [0.2, 0.25) is 0 Å². The number of hydrogen-bond acceptors (Lipinski definition) is 9. The summed E-state index contributed by atoms with van der Waals surface area (Å²) in [5.41, 5.74) is 2.19. The Morgan fingerprint density at radius 2 is 0.800 bits per heavy atom. The second-order valence-corrected chi connectivity index (χ2v) is 13.2. The predicted molar refractivity (Wildman–Crippen MR) is 120 cm³/mol. The first-order valence-electron chi connectivity index (χ1n) is 8.98. The SMILES string of the molecule is COP1(OC)=N[P@@](OC)(Oc2ccc(C)cc2)=N[P@@](OC)(Oc2ccc(C)cc2)=N1. The number of benzene rings is 2. The van der Waals surface area contributed by atoms with Crippen LogP contribution < -0.4 is 9.05 Å². The van der Waals surface area contributed by atoms with Crippen LogP contribution >= 0.6 is 23.0 Å². The molecule has 164 valence electrons. The molecule has 0 amide bonds. The van der Waals surface area contributed by atoms with Crippen LogP contribution in [0, 0.1) is 13.8 Å². The molecular weight excluding hydrogens is 447 g/mol. The quantitative estimate of drug-likeness (QED) is 0.377.